The van der Waals surface area contributed by atoms with E-state index in [1.165, 1.54) is 9.96 Å². The first-order valence-electron chi connectivity index (χ1n) is 16.9. The van der Waals surface area contributed by atoms with Gasteiger partial charge in [-0.3, -0.25) is 24.0 Å². The van der Waals surface area contributed by atoms with Crippen LogP contribution in [0.1, 0.15) is 51.2 Å². The molecule has 270 valence electrons. The highest BCUT2D eigenvalue weighted by Crippen LogP contribution is 2.56. The number of nitrogens with zero attached hydrogens (tertiary/aromatic N) is 2. The standard InChI is InChI=1S/C36H44IN3O10/c1-35(2,3)49-27(42)14-13-24(19-41)38-32(43)25(16-21-9-6-5-7-10-21)39(4)34(45)36-17-26-28-29(47-20-46-28)31(36)50-40(30(36)33(44)48-26)18-22-11-8-12-23(37)15-22/h5-12,15,24-26,28-31,41H,13-14,16-20H2,1-4H3,(H,38,43)/t24-,25+,26+,28-,29-,30-,31+,36-/m0/s1. The number of carbonyl (C=O) groups excluding carboxylic acids is 4. The van der Waals surface area contributed by atoms with Crippen molar-refractivity contribution in [2.24, 2.45) is 5.41 Å². The molecule has 0 radical (unpaired) electrons. The van der Waals surface area contributed by atoms with E-state index < -0.39 is 83.9 Å². The molecule has 1 aliphatic carbocycles. The van der Waals surface area contributed by atoms with Crippen LogP contribution in [0.2, 0.25) is 0 Å². The number of aliphatic hydroxyl groups excluding tert-OH is 1. The van der Waals surface area contributed by atoms with Crippen molar-refractivity contribution in [1.29, 1.82) is 0 Å². The maximum atomic E-state index is 15.1. The quantitative estimate of drug-likeness (QED) is 0.241. The third kappa shape index (κ3) is 7.41. The molecule has 6 rings (SSSR count). The second-order valence-electron chi connectivity index (χ2n) is 14.4. The summed E-state index contributed by atoms with van der Waals surface area (Å²) in [7, 11) is 1.55. The summed E-state index contributed by atoms with van der Waals surface area (Å²) >= 11 is 2.21. The van der Waals surface area contributed by atoms with Crippen molar-refractivity contribution >= 4 is 46.3 Å². The Morgan fingerprint density at radius 3 is 2.52 bits per heavy atom. The summed E-state index contributed by atoms with van der Waals surface area (Å²) < 4.78 is 24.1. The van der Waals surface area contributed by atoms with Gasteiger partial charge in [0.25, 0.3) is 0 Å². The Hall–Kier alpha value is -3.15. The zero-order chi connectivity index (χ0) is 35.8. The van der Waals surface area contributed by atoms with Gasteiger partial charge < -0.3 is 34.3 Å². The molecular formula is C36H44IN3O10. The van der Waals surface area contributed by atoms with Gasteiger partial charge in [0.1, 0.15) is 48.3 Å². The molecule has 2 bridgehead atoms. The van der Waals surface area contributed by atoms with Crippen LogP contribution in [0, 0.1) is 8.99 Å². The third-order valence-corrected chi connectivity index (χ3v) is 10.4. The molecule has 0 unspecified atom stereocenters. The molecule has 2 amide bonds. The Morgan fingerprint density at radius 1 is 1.10 bits per heavy atom. The molecule has 4 aliphatic rings. The highest BCUT2D eigenvalue weighted by atomic mass is 127. The smallest absolute Gasteiger partial charge is 0.327 e. The third-order valence-electron chi connectivity index (χ3n) is 9.74. The summed E-state index contributed by atoms with van der Waals surface area (Å²) in [6, 6.07) is 14.1. The van der Waals surface area contributed by atoms with Crippen LogP contribution >= 0.6 is 22.6 Å². The van der Waals surface area contributed by atoms with E-state index in [0.717, 1.165) is 14.7 Å². The molecule has 2 aromatic rings. The second-order valence-corrected chi connectivity index (χ2v) is 15.6. The first-order valence-corrected chi connectivity index (χ1v) is 17.9. The van der Waals surface area contributed by atoms with E-state index in [2.05, 4.69) is 27.9 Å². The van der Waals surface area contributed by atoms with Gasteiger partial charge in [-0.2, -0.15) is 5.06 Å². The molecule has 8 atom stereocenters. The van der Waals surface area contributed by atoms with Crippen LogP contribution < -0.4 is 5.32 Å². The lowest BCUT2D eigenvalue weighted by Gasteiger charge is -2.50. The zero-order valence-electron chi connectivity index (χ0n) is 28.6. The van der Waals surface area contributed by atoms with Crippen LogP contribution in [0.3, 0.4) is 0 Å². The minimum absolute atomic E-state index is 0.0187. The summed E-state index contributed by atoms with van der Waals surface area (Å²) in [4.78, 5) is 63.5. The lowest BCUT2D eigenvalue weighted by molar-refractivity contribution is -0.204. The van der Waals surface area contributed by atoms with Crippen molar-refractivity contribution in [2.75, 3.05) is 20.4 Å². The summed E-state index contributed by atoms with van der Waals surface area (Å²) in [6.45, 7) is 5.05. The number of hydroxylamine groups is 2. The number of benzene rings is 2. The van der Waals surface area contributed by atoms with E-state index in [4.69, 9.17) is 23.8 Å². The Bertz CT molecular complexity index is 1590. The van der Waals surface area contributed by atoms with Crippen molar-refractivity contribution in [3.05, 3.63) is 69.3 Å². The van der Waals surface area contributed by atoms with E-state index in [0.29, 0.717) is 0 Å². The minimum Gasteiger partial charge on any atom is -0.460 e. The number of nitrogens with one attached hydrogen (secondary N) is 1. The van der Waals surface area contributed by atoms with E-state index in [1.54, 1.807) is 27.8 Å². The van der Waals surface area contributed by atoms with Gasteiger partial charge in [0, 0.05) is 29.9 Å². The normalized spacial score (nSPS) is 28.3. The summed E-state index contributed by atoms with van der Waals surface area (Å²) in [5.41, 5.74) is -0.440. The van der Waals surface area contributed by atoms with E-state index in [9.17, 15) is 19.5 Å². The Balaban J connectivity index is 1.30. The van der Waals surface area contributed by atoms with Gasteiger partial charge in [0.15, 0.2) is 6.04 Å². The second kappa shape index (κ2) is 14.8. The first kappa shape index (κ1) is 36.6. The number of carbonyl (C=O) groups is 4. The van der Waals surface area contributed by atoms with Crippen molar-refractivity contribution in [2.45, 2.75) is 101 Å². The molecule has 3 saturated heterocycles. The van der Waals surface area contributed by atoms with Gasteiger partial charge in [-0.25, -0.2) is 0 Å². The average molecular weight is 806 g/mol. The first-order chi connectivity index (χ1) is 23.8. The number of halogens is 1. The van der Waals surface area contributed by atoms with Crippen LogP contribution in [0.4, 0.5) is 0 Å². The highest BCUT2D eigenvalue weighted by Gasteiger charge is 2.75. The largest absolute Gasteiger partial charge is 0.460 e. The number of fused-ring (bicyclic) bond motifs is 4. The Morgan fingerprint density at radius 2 is 1.82 bits per heavy atom. The average Bonchev–Trinajstić information content (AvgIpc) is 3.69. The van der Waals surface area contributed by atoms with Gasteiger partial charge in [0.2, 0.25) is 11.8 Å². The molecule has 0 aromatic heterocycles. The lowest BCUT2D eigenvalue weighted by Crippen LogP contribution is -2.70. The van der Waals surface area contributed by atoms with Gasteiger partial charge >= 0.3 is 11.9 Å². The van der Waals surface area contributed by atoms with Crippen molar-refractivity contribution in [1.82, 2.24) is 15.3 Å². The number of rotatable bonds is 12. The molecule has 1 saturated carbocycles. The Kier molecular flexibility index (Phi) is 10.9. The van der Waals surface area contributed by atoms with Crippen LogP contribution in [0.5, 0.6) is 0 Å². The van der Waals surface area contributed by atoms with E-state index >= 15 is 4.79 Å². The number of amides is 2. The molecule has 3 heterocycles. The number of esters is 2. The molecule has 2 aromatic carbocycles. The summed E-state index contributed by atoms with van der Waals surface area (Å²) in [5, 5.41) is 14.6. The molecule has 13 nitrogen and oxygen atoms in total. The fraction of sp³-hybridized carbons (Fsp3) is 0.556. The summed E-state index contributed by atoms with van der Waals surface area (Å²) in [5.74, 6) is -2.03. The molecule has 3 aliphatic heterocycles. The van der Waals surface area contributed by atoms with Crippen molar-refractivity contribution < 1.29 is 48.1 Å². The van der Waals surface area contributed by atoms with Crippen LogP contribution in [0.15, 0.2) is 54.6 Å². The van der Waals surface area contributed by atoms with Gasteiger partial charge in [-0.05, 0) is 73.0 Å². The number of ether oxygens (including phenoxy) is 4. The molecule has 2 N–H and O–H groups in total. The number of likely N-dealkylation sites (N-methyl/N-ethyl adjacent to an activating group) is 1. The number of hydrogen-bond acceptors (Lipinski definition) is 11. The molecule has 50 heavy (non-hydrogen) atoms. The monoisotopic (exact) mass is 805 g/mol. The van der Waals surface area contributed by atoms with Crippen LogP contribution in [0.25, 0.3) is 0 Å². The minimum atomic E-state index is -1.45. The lowest BCUT2D eigenvalue weighted by atomic mass is 9.62. The fourth-order valence-corrected chi connectivity index (χ4v) is 8.14. The Labute approximate surface area is 305 Å². The van der Waals surface area contributed by atoms with Crippen molar-refractivity contribution in [3.8, 4) is 0 Å². The maximum Gasteiger partial charge on any atom is 0.327 e. The maximum absolute atomic E-state index is 15.1. The topological polar surface area (TPSA) is 153 Å². The van der Waals surface area contributed by atoms with E-state index in [-0.39, 0.29) is 39.0 Å². The number of hydrogen-bond donors (Lipinski definition) is 2. The van der Waals surface area contributed by atoms with Gasteiger partial charge in [0.05, 0.1) is 19.2 Å². The van der Waals surface area contributed by atoms with Gasteiger partial charge in [-0.15, -0.1) is 0 Å². The van der Waals surface area contributed by atoms with E-state index in [1.807, 2.05) is 54.6 Å². The molecular weight excluding hydrogens is 761 g/mol. The highest BCUT2D eigenvalue weighted by molar-refractivity contribution is 14.1. The van der Waals surface area contributed by atoms with Gasteiger partial charge in [-0.1, -0.05) is 42.5 Å². The molecule has 4 fully saturated rings. The van der Waals surface area contributed by atoms with Crippen LogP contribution in [-0.2, 0) is 55.9 Å². The zero-order valence-corrected chi connectivity index (χ0v) is 30.7. The van der Waals surface area contributed by atoms with Crippen molar-refractivity contribution in [3.63, 3.8) is 0 Å². The molecule has 0 spiro atoms. The fourth-order valence-electron chi connectivity index (χ4n) is 7.53. The number of aliphatic hydroxyl groups is 1. The molecule has 14 heteroatoms. The predicted molar refractivity (Wildman–Crippen MR) is 186 cm³/mol. The summed E-state index contributed by atoms with van der Waals surface area (Å²) in [6.07, 6.45) is -2.53. The SMILES string of the molecule is CN(C(=O)[C@@]12C[C@H]3OC(=O)[C@@H]1N(Cc1cccc(I)c1)O[C@@H]2[C@H]1OCO[C@H]13)[C@H](Cc1ccccc1)C(=O)N[C@H](CO)CCC(=O)OC(C)(C)C. The van der Waals surface area contributed by atoms with Crippen LogP contribution in [-0.4, -0.2) is 107 Å². The predicted octanol–water partition coefficient (Wildman–Crippen LogP) is 2.50.